The molecule has 1 aliphatic rings. The molecule has 1 amide bonds. The first-order chi connectivity index (χ1) is 13.9. The maximum Gasteiger partial charge on any atom is 0.253 e. The molecule has 1 heterocycles. The topological polar surface area (TPSA) is 91.3 Å². The van der Waals surface area contributed by atoms with E-state index in [1.165, 1.54) is 0 Å². The van der Waals surface area contributed by atoms with Crippen LogP contribution in [0.5, 0.6) is 11.5 Å². The molecule has 7 heteroatoms. The number of rotatable bonds is 7. The molecule has 1 fully saturated rings. The van der Waals surface area contributed by atoms with Crippen molar-refractivity contribution in [2.24, 2.45) is 0 Å². The highest BCUT2D eigenvalue weighted by Crippen LogP contribution is 2.25. The van der Waals surface area contributed by atoms with Gasteiger partial charge in [0.15, 0.2) is 0 Å². The van der Waals surface area contributed by atoms with Gasteiger partial charge in [-0.15, -0.1) is 0 Å². The first kappa shape index (κ1) is 21.1. The number of benzene rings is 2. The molecule has 1 aliphatic heterocycles. The number of hydrogen-bond donors (Lipinski definition) is 3. The summed E-state index contributed by atoms with van der Waals surface area (Å²) < 4.78 is 10.5. The number of carbonyl (C=O) groups is 1. The lowest BCUT2D eigenvalue weighted by atomic mass is 9.89. The van der Waals surface area contributed by atoms with Crippen molar-refractivity contribution in [3.05, 3.63) is 59.7 Å². The van der Waals surface area contributed by atoms with Gasteiger partial charge in [-0.05, 0) is 36.2 Å². The van der Waals surface area contributed by atoms with Crippen LogP contribution in [0.15, 0.2) is 48.5 Å². The van der Waals surface area contributed by atoms with Gasteiger partial charge in [0.2, 0.25) is 0 Å². The highest BCUT2D eigenvalue weighted by molar-refractivity contribution is 5.94. The van der Waals surface area contributed by atoms with Crippen LogP contribution in [0.2, 0.25) is 0 Å². The van der Waals surface area contributed by atoms with E-state index in [1.54, 1.807) is 37.3 Å². The SMILES string of the molecule is COc1cc(CNC[C@@]2(O)CN(C(=O)c3ccccc3)CC[C@@H]2O)cc(OC)c1. The van der Waals surface area contributed by atoms with Gasteiger partial charge >= 0.3 is 0 Å². The van der Waals surface area contributed by atoms with Crippen molar-refractivity contribution in [2.45, 2.75) is 24.7 Å². The Labute approximate surface area is 170 Å². The average Bonchev–Trinajstić information content (AvgIpc) is 2.75. The number of aliphatic hydroxyl groups is 2. The van der Waals surface area contributed by atoms with Crippen LogP contribution in [-0.4, -0.2) is 66.6 Å². The third kappa shape index (κ3) is 5.06. The first-order valence-corrected chi connectivity index (χ1v) is 9.62. The number of nitrogens with zero attached hydrogens (tertiary/aromatic N) is 1. The lowest BCUT2D eigenvalue weighted by Gasteiger charge is -2.42. The molecule has 2 aromatic rings. The van der Waals surface area contributed by atoms with Crippen LogP contribution in [0.1, 0.15) is 22.3 Å². The largest absolute Gasteiger partial charge is 0.497 e. The third-order valence-corrected chi connectivity index (χ3v) is 5.24. The zero-order valence-corrected chi connectivity index (χ0v) is 16.8. The van der Waals surface area contributed by atoms with Gasteiger partial charge in [-0.2, -0.15) is 0 Å². The molecule has 0 bridgehead atoms. The normalized spacial score (nSPS) is 21.7. The van der Waals surface area contributed by atoms with Crippen molar-refractivity contribution in [1.82, 2.24) is 10.2 Å². The van der Waals surface area contributed by atoms with Gasteiger partial charge in [-0.3, -0.25) is 4.79 Å². The number of piperidine rings is 1. The van der Waals surface area contributed by atoms with Gasteiger partial charge in [-0.25, -0.2) is 0 Å². The Morgan fingerprint density at radius 2 is 1.83 bits per heavy atom. The molecule has 0 saturated carbocycles. The molecule has 3 rings (SSSR count). The number of carbonyl (C=O) groups excluding carboxylic acids is 1. The monoisotopic (exact) mass is 400 g/mol. The van der Waals surface area contributed by atoms with E-state index in [0.717, 1.165) is 5.56 Å². The van der Waals surface area contributed by atoms with Crippen LogP contribution in [0.4, 0.5) is 0 Å². The second-order valence-corrected chi connectivity index (χ2v) is 7.33. The number of methoxy groups -OCH3 is 2. The van der Waals surface area contributed by atoms with Crippen molar-refractivity contribution < 1.29 is 24.5 Å². The number of hydrogen-bond acceptors (Lipinski definition) is 6. The number of aliphatic hydroxyl groups excluding tert-OH is 1. The summed E-state index contributed by atoms with van der Waals surface area (Å²) >= 11 is 0. The Morgan fingerprint density at radius 1 is 1.17 bits per heavy atom. The molecule has 1 saturated heterocycles. The van der Waals surface area contributed by atoms with Crippen molar-refractivity contribution in [3.63, 3.8) is 0 Å². The zero-order valence-electron chi connectivity index (χ0n) is 16.8. The fraction of sp³-hybridized carbons (Fsp3) is 0.409. The van der Waals surface area contributed by atoms with Crippen molar-refractivity contribution in [3.8, 4) is 11.5 Å². The predicted molar refractivity (Wildman–Crippen MR) is 109 cm³/mol. The molecule has 0 aromatic heterocycles. The van der Waals surface area contributed by atoms with Crippen LogP contribution in [-0.2, 0) is 6.54 Å². The third-order valence-electron chi connectivity index (χ3n) is 5.24. The Hall–Kier alpha value is -2.61. The molecular weight excluding hydrogens is 372 g/mol. The number of ether oxygens (including phenoxy) is 2. The summed E-state index contributed by atoms with van der Waals surface area (Å²) in [6.07, 6.45) is -0.585. The number of nitrogens with one attached hydrogen (secondary N) is 1. The van der Waals surface area contributed by atoms with E-state index < -0.39 is 11.7 Å². The first-order valence-electron chi connectivity index (χ1n) is 9.62. The highest BCUT2D eigenvalue weighted by Gasteiger charge is 2.42. The summed E-state index contributed by atoms with van der Waals surface area (Å²) in [5.41, 5.74) is 0.0704. The fourth-order valence-electron chi connectivity index (χ4n) is 3.56. The number of amides is 1. The summed E-state index contributed by atoms with van der Waals surface area (Å²) in [6, 6.07) is 14.5. The quantitative estimate of drug-likeness (QED) is 0.651. The van der Waals surface area contributed by atoms with E-state index in [-0.39, 0.29) is 19.0 Å². The second-order valence-electron chi connectivity index (χ2n) is 7.33. The van der Waals surface area contributed by atoms with Gasteiger partial charge < -0.3 is 29.9 Å². The molecule has 0 unspecified atom stereocenters. The standard InChI is InChI=1S/C22H28N2O5/c1-28-18-10-16(11-19(12-18)29-2)13-23-14-22(27)15-24(9-8-20(22)25)21(26)17-6-4-3-5-7-17/h3-7,10-12,20,23,25,27H,8-9,13-15H2,1-2H3/t20-,22+/m0/s1. The van der Waals surface area contributed by atoms with Gasteiger partial charge in [0.05, 0.1) is 26.9 Å². The Morgan fingerprint density at radius 3 is 2.45 bits per heavy atom. The molecule has 0 aliphatic carbocycles. The molecule has 0 radical (unpaired) electrons. The minimum Gasteiger partial charge on any atom is -0.497 e. The van der Waals surface area contributed by atoms with Gasteiger partial charge in [-0.1, -0.05) is 18.2 Å². The van der Waals surface area contributed by atoms with E-state index in [9.17, 15) is 15.0 Å². The van der Waals surface area contributed by atoms with E-state index >= 15 is 0 Å². The predicted octanol–water partition coefficient (Wildman–Crippen LogP) is 1.43. The average molecular weight is 400 g/mol. The lowest BCUT2D eigenvalue weighted by molar-refractivity contribution is -0.111. The lowest BCUT2D eigenvalue weighted by Crippen LogP contribution is -2.62. The molecule has 2 aromatic carbocycles. The van der Waals surface area contributed by atoms with E-state index in [1.807, 2.05) is 30.3 Å². The number of β-amino-alcohol motifs (C(OH)–C–C–N with tert-alkyl or cyclic N) is 1. The van der Waals surface area contributed by atoms with E-state index in [0.29, 0.717) is 36.6 Å². The molecule has 2 atom stereocenters. The number of likely N-dealkylation sites (tertiary alicyclic amines) is 1. The van der Waals surface area contributed by atoms with Crippen LogP contribution < -0.4 is 14.8 Å². The van der Waals surface area contributed by atoms with E-state index in [2.05, 4.69) is 5.32 Å². The Balaban J connectivity index is 1.63. The fourth-order valence-corrected chi connectivity index (χ4v) is 3.56. The van der Waals surface area contributed by atoms with Crippen LogP contribution in [0.3, 0.4) is 0 Å². The van der Waals surface area contributed by atoms with Crippen molar-refractivity contribution >= 4 is 5.91 Å². The minimum atomic E-state index is -1.42. The molecule has 29 heavy (non-hydrogen) atoms. The van der Waals surface area contributed by atoms with Crippen LogP contribution >= 0.6 is 0 Å². The van der Waals surface area contributed by atoms with Crippen molar-refractivity contribution in [1.29, 1.82) is 0 Å². The maximum absolute atomic E-state index is 12.7. The smallest absolute Gasteiger partial charge is 0.253 e. The van der Waals surface area contributed by atoms with Gasteiger partial charge in [0.25, 0.3) is 5.91 Å². The Kier molecular flexibility index (Phi) is 6.74. The van der Waals surface area contributed by atoms with E-state index in [4.69, 9.17) is 9.47 Å². The zero-order chi connectivity index (χ0) is 20.9. The summed E-state index contributed by atoms with van der Waals surface area (Å²) in [5.74, 6) is 1.21. The summed E-state index contributed by atoms with van der Waals surface area (Å²) in [6.45, 7) is 1.07. The Bertz CT molecular complexity index is 807. The van der Waals surface area contributed by atoms with Crippen LogP contribution in [0.25, 0.3) is 0 Å². The summed E-state index contributed by atoms with van der Waals surface area (Å²) in [7, 11) is 3.18. The molecule has 156 valence electrons. The molecule has 7 nitrogen and oxygen atoms in total. The van der Waals surface area contributed by atoms with Gasteiger partial charge in [0.1, 0.15) is 17.1 Å². The van der Waals surface area contributed by atoms with Gasteiger partial charge in [0, 0.05) is 31.3 Å². The van der Waals surface area contributed by atoms with Crippen LogP contribution in [0, 0.1) is 0 Å². The highest BCUT2D eigenvalue weighted by atomic mass is 16.5. The molecule has 0 spiro atoms. The summed E-state index contributed by atoms with van der Waals surface area (Å²) in [4.78, 5) is 14.3. The van der Waals surface area contributed by atoms with Crippen molar-refractivity contribution in [2.75, 3.05) is 33.9 Å². The maximum atomic E-state index is 12.7. The minimum absolute atomic E-state index is 0.0658. The molecule has 3 N–H and O–H groups in total. The summed E-state index contributed by atoms with van der Waals surface area (Å²) in [5, 5.41) is 24.6. The second kappa shape index (κ2) is 9.26. The molecular formula is C22H28N2O5.